The van der Waals surface area contributed by atoms with Crippen LogP contribution in [0.3, 0.4) is 0 Å². The highest BCUT2D eigenvalue weighted by molar-refractivity contribution is 9.10. The summed E-state index contributed by atoms with van der Waals surface area (Å²) >= 11 is 3.42. The highest BCUT2D eigenvalue weighted by Crippen LogP contribution is 2.29. The predicted octanol–water partition coefficient (Wildman–Crippen LogP) is 3.46. The van der Waals surface area contributed by atoms with Gasteiger partial charge >= 0.3 is 0 Å². The van der Waals surface area contributed by atoms with Crippen molar-refractivity contribution in [2.45, 2.75) is 45.1 Å². The second kappa shape index (κ2) is 3.82. The Balaban J connectivity index is 2.18. The van der Waals surface area contributed by atoms with E-state index in [2.05, 4.69) is 38.6 Å². The van der Waals surface area contributed by atoms with E-state index < -0.39 is 0 Å². The minimum atomic E-state index is 0.701. The zero-order valence-corrected chi connectivity index (χ0v) is 9.55. The quantitative estimate of drug-likeness (QED) is 0.738. The minimum Gasteiger partial charge on any atom is -0.331 e. The highest BCUT2D eigenvalue weighted by atomic mass is 79.9. The van der Waals surface area contributed by atoms with Gasteiger partial charge in [-0.05, 0) is 35.7 Å². The number of imidazole rings is 1. The Morgan fingerprint density at radius 1 is 1.38 bits per heavy atom. The van der Waals surface area contributed by atoms with Gasteiger partial charge in [0.1, 0.15) is 10.4 Å². The second-order valence-electron chi connectivity index (χ2n) is 3.81. The molecular weight excluding hydrogens is 228 g/mol. The largest absolute Gasteiger partial charge is 0.331 e. The van der Waals surface area contributed by atoms with Gasteiger partial charge in [0.25, 0.3) is 0 Å². The summed E-state index contributed by atoms with van der Waals surface area (Å²) in [6.07, 6.45) is 8.92. The SMILES string of the molecule is Cc1nc(Br)cn1C1CCCCC1. The molecule has 1 fully saturated rings. The van der Waals surface area contributed by atoms with E-state index in [-0.39, 0.29) is 0 Å². The minimum absolute atomic E-state index is 0.701. The van der Waals surface area contributed by atoms with Gasteiger partial charge < -0.3 is 4.57 Å². The first-order valence-electron chi connectivity index (χ1n) is 4.98. The monoisotopic (exact) mass is 242 g/mol. The summed E-state index contributed by atoms with van der Waals surface area (Å²) in [5.74, 6) is 1.14. The van der Waals surface area contributed by atoms with Gasteiger partial charge in [0.15, 0.2) is 0 Å². The summed E-state index contributed by atoms with van der Waals surface area (Å²) < 4.78 is 3.29. The standard InChI is InChI=1S/C10H15BrN2/c1-8-12-10(11)7-13(8)9-5-3-2-4-6-9/h7,9H,2-6H2,1H3. The molecule has 1 saturated carbocycles. The second-order valence-corrected chi connectivity index (χ2v) is 4.62. The molecule has 0 aromatic carbocycles. The van der Waals surface area contributed by atoms with Gasteiger partial charge in [-0.3, -0.25) is 0 Å². The molecule has 1 heterocycles. The lowest BCUT2D eigenvalue weighted by Crippen LogP contribution is -2.13. The topological polar surface area (TPSA) is 17.8 Å². The van der Waals surface area contributed by atoms with Crippen molar-refractivity contribution < 1.29 is 0 Å². The maximum atomic E-state index is 4.37. The lowest BCUT2D eigenvalue weighted by Gasteiger charge is -2.23. The van der Waals surface area contributed by atoms with Crippen LogP contribution in [0.15, 0.2) is 10.8 Å². The molecule has 72 valence electrons. The van der Waals surface area contributed by atoms with Crippen LogP contribution in [0.1, 0.15) is 44.0 Å². The van der Waals surface area contributed by atoms with Gasteiger partial charge in [0.05, 0.1) is 0 Å². The summed E-state index contributed by atoms with van der Waals surface area (Å²) in [6, 6.07) is 0.701. The molecule has 0 atom stereocenters. The van der Waals surface area contributed by atoms with Crippen molar-refractivity contribution in [2.75, 3.05) is 0 Å². The highest BCUT2D eigenvalue weighted by Gasteiger charge is 2.16. The molecule has 0 N–H and O–H groups in total. The third-order valence-electron chi connectivity index (χ3n) is 2.86. The molecule has 3 heteroatoms. The number of aromatic nitrogens is 2. The van der Waals surface area contributed by atoms with Crippen LogP contribution >= 0.6 is 15.9 Å². The molecule has 13 heavy (non-hydrogen) atoms. The Hall–Kier alpha value is -0.310. The number of hydrogen-bond acceptors (Lipinski definition) is 1. The summed E-state index contributed by atoms with van der Waals surface area (Å²) in [5.41, 5.74) is 0. The maximum absolute atomic E-state index is 4.37. The van der Waals surface area contributed by atoms with E-state index in [0.29, 0.717) is 6.04 Å². The van der Waals surface area contributed by atoms with Gasteiger partial charge in [0, 0.05) is 12.2 Å². The van der Waals surface area contributed by atoms with Crippen LogP contribution in [-0.2, 0) is 0 Å². The van der Waals surface area contributed by atoms with Crippen LogP contribution in [0.2, 0.25) is 0 Å². The van der Waals surface area contributed by atoms with E-state index in [1.54, 1.807) is 0 Å². The van der Waals surface area contributed by atoms with Gasteiger partial charge in [-0.25, -0.2) is 4.98 Å². The van der Waals surface area contributed by atoms with Crippen molar-refractivity contribution >= 4 is 15.9 Å². The molecule has 0 unspecified atom stereocenters. The molecule has 0 saturated heterocycles. The summed E-state index contributed by atoms with van der Waals surface area (Å²) in [4.78, 5) is 4.37. The van der Waals surface area contributed by atoms with Crippen molar-refractivity contribution in [1.29, 1.82) is 0 Å². The molecule has 0 aliphatic heterocycles. The van der Waals surface area contributed by atoms with Gasteiger partial charge in [-0.15, -0.1) is 0 Å². The lowest BCUT2D eigenvalue weighted by molar-refractivity contribution is 0.348. The van der Waals surface area contributed by atoms with E-state index in [9.17, 15) is 0 Å². The smallest absolute Gasteiger partial charge is 0.124 e. The van der Waals surface area contributed by atoms with Crippen LogP contribution in [-0.4, -0.2) is 9.55 Å². The van der Waals surface area contributed by atoms with Crippen molar-refractivity contribution in [3.05, 3.63) is 16.6 Å². The fraction of sp³-hybridized carbons (Fsp3) is 0.700. The van der Waals surface area contributed by atoms with Crippen LogP contribution < -0.4 is 0 Å². The molecule has 1 aromatic rings. The number of hydrogen-bond donors (Lipinski definition) is 0. The first-order chi connectivity index (χ1) is 6.27. The third-order valence-corrected chi connectivity index (χ3v) is 3.24. The van der Waals surface area contributed by atoms with Crippen LogP contribution in [0, 0.1) is 6.92 Å². The average molecular weight is 243 g/mol. The fourth-order valence-electron chi connectivity index (χ4n) is 2.18. The normalized spacial score (nSPS) is 19.2. The summed E-state index contributed by atoms with van der Waals surface area (Å²) in [6.45, 7) is 2.08. The van der Waals surface area contributed by atoms with Crippen molar-refractivity contribution in [3.8, 4) is 0 Å². The molecule has 0 bridgehead atoms. The molecule has 1 aromatic heterocycles. The van der Waals surface area contributed by atoms with E-state index in [4.69, 9.17) is 0 Å². The van der Waals surface area contributed by atoms with Gasteiger partial charge in [-0.2, -0.15) is 0 Å². The Morgan fingerprint density at radius 3 is 2.62 bits per heavy atom. The van der Waals surface area contributed by atoms with E-state index in [0.717, 1.165) is 10.4 Å². The molecule has 2 nitrogen and oxygen atoms in total. The van der Waals surface area contributed by atoms with Crippen LogP contribution in [0.4, 0.5) is 0 Å². The zero-order valence-electron chi connectivity index (χ0n) is 7.96. The molecule has 0 amide bonds. The predicted molar refractivity (Wildman–Crippen MR) is 56.8 cm³/mol. The Bertz CT molecular complexity index is 287. The number of halogens is 1. The molecule has 0 spiro atoms. The summed E-state index contributed by atoms with van der Waals surface area (Å²) in [5, 5.41) is 0. The van der Waals surface area contributed by atoms with E-state index in [1.807, 2.05) is 0 Å². The number of nitrogens with zero attached hydrogens (tertiary/aromatic N) is 2. The van der Waals surface area contributed by atoms with Gasteiger partial charge in [-0.1, -0.05) is 19.3 Å². The summed E-state index contributed by atoms with van der Waals surface area (Å²) in [7, 11) is 0. The zero-order chi connectivity index (χ0) is 9.26. The van der Waals surface area contributed by atoms with Crippen molar-refractivity contribution in [1.82, 2.24) is 9.55 Å². The van der Waals surface area contributed by atoms with Crippen LogP contribution in [0.5, 0.6) is 0 Å². The molecule has 0 radical (unpaired) electrons. The lowest BCUT2D eigenvalue weighted by atomic mass is 9.95. The molecule has 1 aliphatic carbocycles. The Labute approximate surface area is 87.5 Å². The fourth-order valence-corrected chi connectivity index (χ4v) is 2.66. The first-order valence-corrected chi connectivity index (χ1v) is 5.77. The third kappa shape index (κ3) is 1.96. The Morgan fingerprint density at radius 2 is 2.08 bits per heavy atom. The molecule has 1 aliphatic rings. The first kappa shape index (κ1) is 9.25. The maximum Gasteiger partial charge on any atom is 0.124 e. The molecule has 2 rings (SSSR count). The molecular formula is C10H15BrN2. The van der Waals surface area contributed by atoms with Crippen molar-refractivity contribution in [2.24, 2.45) is 0 Å². The average Bonchev–Trinajstić information content (AvgIpc) is 2.47. The Kier molecular flexibility index (Phi) is 2.72. The number of aryl methyl sites for hydroxylation is 1. The van der Waals surface area contributed by atoms with E-state index >= 15 is 0 Å². The number of rotatable bonds is 1. The van der Waals surface area contributed by atoms with Crippen molar-refractivity contribution in [3.63, 3.8) is 0 Å². The van der Waals surface area contributed by atoms with Gasteiger partial charge in [0.2, 0.25) is 0 Å². The van der Waals surface area contributed by atoms with Crippen LogP contribution in [0.25, 0.3) is 0 Å². The van der Waals surface area contributed by atoms with E-state index in [1.165, 1.54) is 32.1 Å².